The molecule has 5 heteroatoms. The lowest BCUT2D eigenvalue weighted by atomic mass is 9.93. The average molecular weight is 450 g/mol. The van der Waals surface area contributed by atoms with Crippen LogP contribution in [0.4, 0.5) is 0 Å². The fourth-order valence-electron chi connectivity index (χ4n) is 3.72. The lowest BCUT2D eigenvalue weighted by molar-refractivity contribution is -0.130. The summed E-state index contributed by atoms with van der Waals surface area (Å²) in [7, 11) is 1.62. The van der Waals surface area contributed by atoms with Gasteiger partial charge in [0.05, 0.1) is 13.2 Å². The Hall–Kier alpha value is -3.05. The summed E-state index contributed by atoms with van der Waals surface area (Å²) in [4.78, 5) is 14.8. The molecule has 4 rings (SSSR count). The van der Waals surface area contributed by atoms with Crippen LogP contribution in [0, 0.1) is 0 Å². The molecule has 0 bridgehead atoms. The first kappa shape index (κ1) is 19.3. The molecule has 0 aliphatic carbocycles. The molecule has 4 nitrogen and oxygen atoms in total. The number of rotatable bonds is 5. The number of amides is 1. The molecule has 3 aromatic rings. The molecule has 0 aromatic heterocycles. The number of methoxy groups -OCH3 is 1. The van der Waals surface area contributed by atoms with Crippen LogP contribution in [-0.4, -0.2) is 23.0 Å². The van der Waals surface area contributed by atoms with Crippen LogP contribution in [-0.2, 0) is 11.3 Å². The van der Waals surface area contributed by atoms with Gasteiger partial charge in [0.15, 0.2) is 5.76 Å². The van der Waals surface area contributed by atoms with E-state index in [-0.39, 0.29) is 11.7 Å². The van der Waals surface area contributed by atoms with Crippen LogP contribution in [0.25, 0.3) is 5.57 Å². The van der Waals surface area contributed by atoms with Crippen LogP contribution >= 0.6 is 15.9 Å². The van der Waals surface area contributed by atoms with Gasteiger partial charge in [-0.3, -0.25) is 4.79 Å². The zero-order valence-corrected chi connectivity index (χ0v) is 17.5. The molecule has 0 unspecified atom stereocenters. The quantitative estimate of drug-likeness (QED) is 0.558. The minimum atomic E-state index is -0.410. The molecule has 0 saturated heterocycles. The molecule has 0 fully saturated rings. The van der Waals surface area contributed by atoms with E-state index in [1.165, 1.54) is 0 Å². The number of halogens is 1. The second-order valence-corrected chi connectivity index (χ2v) is 7.69. The maximum atomic E-state index is 13.1. The van der Waals surface area contributed by atoms with Gasteiger partial charge in [-0.25, -0.2) is 0 Å². The number of aliphatic hydroxyl groups excluding tert-OH is 1. The molecule has 1 amide bonds. The van der Waals surface area contributed by atoms with Crippen molar-refractivity contribution < 1.29 is 14.6 Å². The third-order valence-corrected chi connectivity index (χ3v) is 5.80. The smallest absolute Gasteiger partial charge is 0.290 e. The first-order valence-corrected chi connectivity index (χ1v) is 10.1. The lowest BCUT2D eigenvalue weighted by Crippen LogP contribution is -2.30. The van der Waals surface area contributed by atoms with E-state index in [0.29, 0.717) is 12.1 Å². The number of benzene rings is 3. The van der Waals surface area contributed by atoms with E-state index >= 15 is 0 Å². The predicted molar refractivity (Wildman–Crippen MR) is 116 cm³/mol. The van der Waals surface area contributed by atoms with Crippen LogP contribution in [0.1, 0.15) is 22.7 Å². The van der Waals surface area contributed by atoms with Crippen molar-refractivity contribution in [3.8, 4) is 5.75 Å². The second kappa shape index (κ2) is 8.13. The molecule has 146 valence electrons. The highest BCUT2D eigenvalue weighted by Crippen LogP contribution is 2.45. The largest absolute Gasteiger partial charge is 0.503 e. The number of ether oxygens (including phenoxy) is 1. The molecule has 1 N–H and O–H groups in total. The van der Waals surface area contributed by atoms with Gasteiger partial charge in [-0.2, -0.15) is 0 Å². The van der Waals surface area contributed by atoms with E-state index in [0.717, 1.165) is 26.9 Å². The van der Waals surface area contributed by atoms with Gasteiger partial charge in [-0.15, -0.1) is 0 Å². The molecule has 1 aliphatic heterocycles. The summed E-state index contributed by atoms with van der Waals surface area (Å²) in [6.07, 6.45) is 0. The molecule has 0 saturated carbocycles. The van der Waals surface area contributed by atoms with Crippen molar-refractivity contribution in [3.05, 3.63) is 106 Å². The molecule has 3 aromatic carbocycles. The Bertz CT molecular complexity index is 1080. The van der Waals surface area contributed by atoms with E-state index < -0.39 is 6.04 Å². The maximum absolute atomic E-state index is 13.1. The molecule has 1 atom stereocenters. The number of hydrogen-bond donors (Lipinski definition) is 1. The lowest BCUT2D eigenvalue weighted by Gasteiger charge is -2.28. The molecular formula is C24H20BrNO3. The zero-order valence-electron chi connectivity index (χ0n) is 15.9. The van der Waals surface area contributed by atoms with Crippen molar-refractivity contribution >= 4 is 27.4 Å². The Labute approximate surface area is 178 Å². The van der Waals surface area contributed by atoms with Crippen LogP contribution in [0.15, 0.2) is 89.1 Å². The third-order valence-electron chi connectivity index (χ3n) is 5.08. The summed E-state index contributed by atoms with van der Waals surface area (Å²) in [5.74, 6) is 0.138. The molecule has 1 aliphatic rings. The summed E-state index contributed by atoms with van der Waals surface area (Å²) in [6, 6.07) is 24.6. The van der Waals surface area contributed by atoms with E-state index in [9.17, 15) is 9.90 Å². The Morgan fingerprint density at radius 1 is 1.00 bits per heavy atom. The summed E-state index contributed by atoms with van der Waals surface area (Å²) >= 11 is 3.62. The van der Waals surface area contributed by atoms with Crippen molar-refractivity contribution in [1.29, 1.82) is 0 Å². The van der Waals surface area contributed by atoms with E-state index in [1.807, 2.05) is 78.9 Å². The van der Waals surface area contributed by atoms with Crippen LogP contribution < -0.4 is 4.74 Å². The standard InChI is InChI=1S/C24H20BrNO3/c1-29-18-11-7-8-16(14-18)15-26-22(19-12-5-6-13-20(19)25)21(23(27)24(26)28)17-9-3-2-4-10-17/h2-14,22,27H,15H2,1H3/t22-/m0/s1. The summed E-state index contributed by atoms with van der Waals surface area (Å²) in [6.45, 7) is 0.350. The Kier molecular flexibility index (Phi) is 5.41. The highest BCUT2D eigenvalue weighted by molar-refractivity contribution is 9.10. The fourth-order valence-corrected chi connectivity index (χ4v) is 4.22. The van der Waals surface area contributed by atoms with E-state index in [1.54, 1.807) is 12.0 Å². The normalized spacial score (nSPS) is 16.4. The van der Waals surface area contributed by atoms with Crippen molar-refractivity contribution in [2.24, 2.45) is 0 Å². The summed E-state index contributed by atoms with van der Waals surface area (Å²) in [5.41, 5.74) is 3.29. The minimum Gasteiger partial charge on any atom is -0.503 e. The van der Waals surface area contributed by atoms with Crippen molar-refractivity contribution in [1.82, 2.24) is 4.90 Å². The minimum absolute atomic E-state index is 0.208. The highest BCUT2D eigenvalue weighted by atomic mass is 79.9. The van der Waals surface area contributed by atoms with Gasteiger partial charge in [0.2, 0.25) is 0 Å². The van der Waals surface area contributed by atoms with Gasteiger partial charge in [-0.1, -0.05) is 76.6 Å². The Morgan fingerprint density at radius 2 is 1.72 bits per heavy atom. The van der Waals surface area contributed by atoms with Crippen molar-refractivity contribution in [2.75, 3.05) is 7.11 Å². The van der Waals surface area contributed by atoms with Crippen LogP contribution in [0.5, 0.6) is 5.75 Å². The van der Waals surface area contributed by atoms with E-state index in [2.05, 4.69) is 15.9 Å². The first-order valence-electron chi connectivity index (χ1n) is 9.27. The van der Waals surface area contributed by atoms with Crippen LogP contribution in [0.2, 0.25) is 0 Å². The molecule has 0 spiro atoms. The van der Waals surface area contributed by atoms with Gasteiger partial charge in [0, 0.05) is 16.6 Å². The summed E-state index contributed by atoms with van der Waals surface area (Å²) < 4.78 is 6.20. The molecular weight excluding hydrogens is 430 g/mol. The number of nitrogens with zero attached hydrogens (tertiary/aromatic N) is 1. The predicted octanol–water partition coefficient (Wildman–Crippen LogP) is 5.51. The second-order valence-electron chi connectivity index (χ2n) is 6.84. The summed E-state index contributed by atoms with van der Waals surface area (Å²) in [5, 5.41) is 10.8. The average Bonchev–Trinajstić information content (AvgIpc) is 2.99. The molecule has 0 radical (unpaired) electrons. The fraction of sp³-hybridized carbons (Fsp3) is 0.125. The van der Waals surface area contributed by atoms with Crippen molar-refractivity contribution in [2.45, 2.75) is 12.6 Å². The monoisotopic (exact) mass is 449 g/mol. The maximum Gasteiger partial charge on any atom is 0.290 e. The number of aliphatic hydroxyl groups is 1. The highest BCUT2D eigenvalue weighted by Gasteiger charge is 2.41. The number of carbonyl (C=O) groups excluding carboxylic acids is 1. The number of carbonyl (C=O) groups is 1. The van der Waals surface area contributed by atoms with Crippen molar-refractivity contribution in [3.63, 3.8) is 0 Å². The van der Waals surface area contributed by atoms with E-state index in [4.69, 9.17) is 4.74 Å². The Balaban J connectivity index is 1.82. The van der Waals surface area contributed by atoms with Gasteiger partial charge in [-0.05, 0) is 34.9 Å². The van der Waals surface area contributed by atoms with Gasteiger partial charge in [0.25, 0.3) is 5.91 Å². The molecule has 29 heavy (non-hydrogen) atoms. The van der Waals surface area contributed by atoms with Gasteiger partial charge in [0.1, 0.15) is 5.75 Å². The van der Waals surface area contributed by atoms with Gasteiger partial charge >= 0.3 is 0 Å². The van der Waals surface area contributed by atoms with Crippen LogP contribution in [0.3, 0.4) is 0 Å². The SMILES string of the molecule is COc1cccc(CN2C(=O)C(O)=C(c3ccccc3)[C@@H]2c2ccccc2Br)c1. The van der Waals surface area contributed by atoms with Gasteiger partial charge < -0.3 is 14.7 Å². The first-order chi connectivity index (χ1) is 14.1. The number of hydrogen-bond acceptors (Lipinski definition) is 3. The zero-order chi connectivity index (χ0) is 20.4. The topological polar surface area (TPSA) is 49.8 Å². The Morgan fingerprint density at radius 3 is 2.45 bits per heavy atom. The molecule has 1 heterocycles. The third kappa shape index (κ3) is 3.66.